The van der Waals surface area contributed by atoms with Crippen LogP contribution in [0.4, 0.5) is 0 Å². The van der Waals surface area contributed by atoms with E-state index in [4.69, 9.17) is 9.47 Å². The van der Waals surface area contributed by atoms with Crippen molar-refractivity contribution in [2.45, 2.75) is 24.5 Å². The summed E-state index contributed by atoms with van der Waals surface area (Å²) in [7, 11) is -2.32. The van der Waals surface area contributed by atoms with Gasteiger partial charge in [-0.2, -0.15) is 0 Å². The molecule has 3 rings (SSSR count). The van der Waals surface area contributed by atoms with Crippen LogP contribution in [0.2, 0.25) is 0 Å². The van der Waals surface area contributed by atoms with Crippen LogP contribution in [-0.2, 0) is 21.3 Å². The predicted octanol–water partition coefficient (Wildman–Crippen LogP) is 3.60. The number of rotatable bonds is 9. The summed E-state index contributed by atoms with van der Waals surface area (Å²) in [5.74, 6) is -0.570. The lowest BCUT2D eigenvalue weighted by Crippen LogP contribution is -2.25. The van der Waals surface area contributed by atoms with Crippen molar-refractivity contribution in [1.82, 2.24) is 4.72 Å². The van der Waals surface area contributed by atoms with Gasteiger partial charge in [0.05, 0.1) is 17.6 Å². The number of Topliss-reactive ketones (excluding diaryl/α,β-unsaturated/α-hetero) is 1. The van der Waals surface area contributed by atoms with E-state index in [1.54, 1.807) is 36.4 Å². The summed E-state index contributed by atoms with van der Waals surface area (Å²) >= 11 is 0. The lowest BCUT2D eigenvalue weighted by Gasteiger charge is -2.13. The molecule has 32 heavy (non-hydrogen) atoms. The van der Waals surface area contributed by atoms with Gasteiger partial charge in [0.2, 0.25) is 15.8 Å². The highest BCUT2D eigenvalue weighted by Crippen LogP contribution is 2.17. The molecule has 8 heteroatoms. The maximum Gasteiger partial charge on any atom is 0.338 e. The average molecular weight is 454 g/mol. The fourth-order valence-electron chi connectivity index (χ4n) is 2.92. The zero-order valence-electron chi connectivity index (χ0n) is 17.6. The van der Waals surface area contributed by atoms with Crippen LogP contribution in [0.5, 0.6) is 5.75 Å². The molecule has 3 aromatic rings. The second kappa shape index (κ2) is 10.2. The third-order valence-corrected chi connectivity index (χ3v) is 6.12. The van der Waals surface area contributed by atoms with Crippen LogP contribution < -0.4 is 9.46 Å². The van der Waals surface area contributed by atoms with Crippen LogP contribution >= 0.6 is 0 Å². The fraction of sp³-hybridized carbons (Fsp3) is 0.167. The monoisotopic (exact) mass is 453 g/mol. The van der Waals surface area contributed by atoms with Crippen LogP contribution in [0, 0.1) is 0 Å². The summed E-state index contributed by atoms with van der Waals surface area (Å²) in [6.45, 7) is 1.58. The van der Waals surface area contributed by atoms with Crippen molar-refractivity contribution in [3.63, 3.8) is 0 Å². The van der Waals surface area contributed by atoms with E-state index in [9.17, 15) is 18.0 Å². The minimum atomic E-state index is -3.85. The molecule has 0 aliphatic carbocycles. The zero-order valence-corrected chi connectivity index (χ0v) is 18.5. The molecular weight excluding hydrogens is 430 g/mol. The number of ether oxygens (including phenoxy) is 2. The summed E-state index contributed by atoms with van der Waals surface area (Å²) in [5, 5.41) is 0. The zero-order chi connectivity index (χ0) is 23.1. The smallest absolute Gasteiger partial charge is 0.338 e. The van der Waals surface area contributed by atoms with Crippen molar-refractivity contribution in [2.24, 2.45) is 0 Å². The molecule has 7 nitrogen and oxygen atoms in total. The standard InChI is InChI=1S/C24H23NO6S/c1-17(23(26)19-11-13-21(30-2)14-12-19)31-24(27)20-9-6-10-22(15-20)32(28,29)25-16-18-7-4-3-5-8-18/h3-15,17,25H,16H2,1-2H3. The van der Waals surface area contributed by atoms with Crippen molar-refractivity contribution < 1.29 is 27.5 Å². The summed E-state index contributed by atoms with van der Waals surface area (Å²) in [6, 6.07) is 21.0. The molecule has 0 fully saturated rings. The highest BCUT2D eigenvalue weighted by Gasteiger charge is 2.22. The van der Waals surface area contributed by atoms with Gasteiger partial charge in [-0.05, 0) is 55.0 Å². The van der Waals surface area contributed by atoms with Crippen LogP contribution in [0.3, 0.4) is 0 Å². The Morgan fingerprint density at radius 1 is 0.906 bits per heavy atom. The van der Waals surface area contributed by atoms with Gasteiger partial charge in [-0.3, -0.25) is 4.79 Å². The van der Waals surface area contributed by atoms with E-state index in [0.717, 1.165) is 5.56 Å². The third kappa shape index (κ3) is 5.81. The number of ketones is 1. The molecular formula is C24H23NO6S. The van der Waals surface area contributed by atoms with Crippen molar-refractivity contribution in [3.05, 3.63) is 95.6 Å². The van der Waals surface area contributed by atoms with Crippen molar-refractivity contribution in [2.75, 3.05) is 7.11 Å². The number of carbonyl (C=O) groups excluding carboxylic acids is 2. The number of benzene rings is 3. The Kier molecular flexibility index (Phi) is 7.40. The number of sulfonamides is 1. The number of esters is 1. The SMILES string of the molecule is COc1ccc(C(=O)C(C)OC(=O)c2cccc(S(=O)(=O)NCc3ccccc3)c2)cc1. The lowest BCUT2D eigenvalue weighted by atomic mass is 10.1. The van der Waals surface area contributed by atoms with E-state index in [1.807, 2.05) is 18.2 Å². The average Bonchev–Trinajstić information content (AvgIpc) is 2.83. The van der Waals surface area contributed by atoms with Gasteiger partial charge in [-0.1, -0.05) is 36.4 Å². The van der Waals surface area contributed by atoms with Crippen molar-refractivity contribution >= 4 is 21.8 Å². The van der Waals surface area contributed by atoms with Crippen molar-refractivity contribution in [3.8, 4) is 5.75 Å². The molecule has 0 saturated heterocycles. The van der Waals surface area contributed by atoms with Crippen LogP contribution in [0.15, 0.2) is 83.8 Å². The minimum absolute atomic E-state index is 0.0296. The number of hydrogen-bond acceptors (Lipinski definition) is 6. The van der Waals surface area contributed by atoms with Gasteiger partial charge in [0.25, 0.3) is 0 Å². The van der Waals surface area contributed by atoms with Gasteiger partial charge < -0.3 is 9.47 Å². The van der Waals surface area contributed by atoms with Crippen molar-refractivity contribution in [1.29, 1.82) is 0 Å². The molecule has 1 unspecified atom stereocenters. The fourth-order valence-corrected chi connectivity index (χ4v) is 3.98. The number of carbonyl (C=O) groups is 2. The van der Waals surface area contributed by atoms with Gasteiger partial charge in [-0.15, -0.1) is 0 Å². The summed E-state index contributed by atoms with van der Waals surface area (Å²) in [5.41, 5.74) is 1.20. The van der Waals surface area contributed by atoms with Gasteiger partial charge >= 0.3 is 5.97 Å². The Bertz CT molecular complexity index is 1190. The maximum absolute atomic E-state index is 12.6. The second-order valence-electron chi connectivity index (χ2n) is 6.98. The predicted molar refractivity (Wildman–Crippen MR) is 119 cm³/mol. The number of methoxy groups -OCH3 is 1. The normalized spacial score (nSPS) is 12.1. The molecule has 1 atom stereocenters. The molecule has 0 heterocycles. The third-order valence-electron chi connectivity index (χ3n) is 4.72. The van der Waals surface area contributed by atoms with E-state index < -0.39 is 22.1 Å². The highest BCUT2D eigenvalue weighted by molar-refractivity contribution is 7.89. The molecule has 0 amide bonds. The Labute approximate surface area is 187 Å². The molecule has 166 valence electrons. The maximum atomic E-state index is 12.6. The first-order valence-electron chi connectivity index (χ1n) is 9.83. The van der Waals surface area contributed by atoms with Gasteiger partial charge in [0, 0.05) is 12.1 Å². The van der Waals surface area contributed by atoms with Gasteiger partial charge in [0.1, 0.15) is 5.75 Å². The molecule has 0 bridgehead atoms. The van der Waals surface area contributed by atoms with Crippen LogP contribution in [0.25, 0.3) is 0 Å². The minimum Gasteiger partial charge on any atom is -0.497 e. The Morgan fingerprint density at radius 3 is 2.25 bits per heavy atom. The molecule has 0 radical (unpaired) electrons. The Hall–Kier alpha value is -3.49. The van der Waals surface area contributed by atoms with E-state index >= 15 is 0 Å². The summed E-state index contributed by atoms with van der Waals surface area (Å²) in [6.07, 6.45) is -1.05. The highest BCUT2D eigenvalue weighted by atomic mass is 32.2. The van der Waals surface area contributed by atoms with Gasteiger partial charge in [-0.25, -0.2) is 17.9 Å². The largest absolute Gasteiger partial charge is 0.497 e. The first kappa shape index (κ1) is 23.2. The van der Waals surface area contributed by atoms with E-state index in [1.165, 1.54) is 38.3 Å². The second-order valence-corrected chi connectivity index (χ2v) is 8.75. The van der Waals surface area contributed by atoms with Gasteiger partial charge in [0.15, 0.2) is 6.10 Å². The first-order chi connectivity index (χ1) is 15.3. The number of nitrogens with one attached hydrogen (secondary N) is 1. The summed E-state index contributed by atoms with van der Waals surface area (Å²) in [4.78, 5) is 25.0. The van der Waals surface area contributed by atoms with E-state index in [0.29, 0.717) is 11.3 Å². The topological polar surface area (TPSA) is 98.8 Å². The quantitative estimate of drug-likeness (QED) is 0.393. The molecule has 0 saturated carbocycles. The molecule has 0 aromatic heterocycles. The molecule has 0 aliphatic rings. The summed E-state index contributed by atoms with van der Waals surface area (Å²) < 4.78 is 38.1. The first-order valence-corrected chi connectivity index (χ1v) is 11.3. The molecule has 0 aliphatic heterocycles. The van der Waals surface area contributed by atoms with Crippen LogP contribution in [0.1, 0.15) is 33.2 Å². The molecule has 3 aromatic carbocycles. The molecule has 1 N–H and O–H groups in total. The molecule has 0 spiro atoms. The van der Waals surface area contributed by atoms with E-state index in [-0.39, 0.29) is 22.8 Å². The number of hydrogen-bond donors (Lipinski definition) is 1. The Morgan fingerprint density at radius 2 is 1.59 bits per heavy atom. The van der Waals surface area contributed by atoms with Crippen LogP contribution in [-0.4, -0.2) is 33.4 Å². The van der Waals surface area contributed by atoms with E-state index in [2.05, 4.69) is 4.72 Å². The Balaban J connectivity index is 1.68. The lowest BCUT2D eigenvalue weighted by molar-refractivity contribution is 0.0318.